The molecule has 3 heteroatoms. The molecule has 0 saturated heterocycles. The van der Waals surface area contributed by atoms with E-state index < -0.39 is 10.8 Å². The van der Waals surface area contributed by atoms with Gasteiger partial charge in [0.1, 0.15) is 5.75 Å². The van der Waals surface area contributed by atoms with Gasteiger partial charge in [0.25, 0.3) is 0 Å². The van der Waals surface area contributed by atoms with Crippen LogP contribution in [0.25, 0.3) is 6.08 Å². The third-order valence-electron chi connectivity index (χ3n) is 2.48. The highest BCUT2D eigenvalue weighted by Gasteiger charge is 1.97. The minimum absolute atomic E-state index is 0.808. The van der Waals surface area contributed by atoms with Crippen molar-refractivity contribution in [3.05, 3.63) is 65.6 Å². The molecule has 1 unspecified atom stereocenters. The van der Waals surface area contributed by atoms with Gasteiger partial charge in [0.15, 0.2) is 0 Å². The van der Waals surface area contributed by atoms with Crippen molar-refractivity contribution in [3.63, 3.8) is 0 Å². The molecule has 0 aliphatic rings. The zero-order valence-corrected chi connectivity index (χ0v) is 10.9. The zero-order valence-electron chi connectivity index (χ0n) is 10.1. The lowest BCUT2D eigenvalue weighted by Crippen LogP contribution is -1.85. The van der Waals surface area contributed by atoms with Crippen molar-refractivity contribution in [1.82, 2.24) is 0 Å². The molecule has 0 aliphatic heterocycles. The summed E-state index contributed by atoms with van der Waals surface area (Å²) in [7, 11) is 0.531. The smallest absolute Gasteiger partial charge is 0.118 e. The Kier molecular flexibility index (Phi) is 4.31. The normalized spacial score (nSPS) is 12.5. The Morgan fingerprint density at radius 2 is 1.67 bits per heavy atom. The SMILES string of the molecule is COc1ccc(/C=C/S(=O)c2ccccc2)cc1. The molecule has 0 aromatic heterocycles. The summed E-state index contributed by atoms with van der Waals surface area (Å²) in [6.07, 6.45) is 1.85. The molecular formula is C15H14O2S. The average molecular weight is 258 g/mol. The molecule has 92 valence electrons. The van der Waals surface area contributed by atoms with Crippen LogP contribution in [0.2, 0.25) is 0 Å². The van der Waals surface area contributed by atoms with Crippen LogP contribution in [0.15, 0.2) is 64.9 Å². The van der Waals surface area contributed by atoms with Crippen molar-refractivity contribution >= 4 is 16.9 Å². The van der Waals surface area contributed by atoms with Crippen molar-refractivity contribution in [1.29, 1.82) is 0 Å². The molecular weight excluding hydrogens is 244 g/mol. The first kappa shape index (κ1) is 12.6. The fourth-order valence-corrected chi connectivity index (χ4v) is 2.35. The number of ether oxygens (including phenoxy) is 1. The summed E-state index contributed by atoms with van der Waals surface area (Å²) in [5.41, 5.74) is 1.00. The number of benzene rings is 2. The van der Waals surface area contributed by atoms with E-state index in [4.69, 9.17) is 4.74 Å². The molecule has 0 heterocycles. The Bertz CT molecular complexity index is 544. The summed E-state index contributed by atoms with van der Waals surface area (Å²) in [6.45, 7) is 0. The lowest BCUT2D eigenvalue weighted by atomic mass is 10.2. The second-order valence-corrected chi connectivity index (χ2v) is 5.02. The maximum absolute atomic E-state index is 11.9. The second-order valence-electron chi connectivity index (χ2n) is 3.69. The summed E-state index contributed by atoms with van der Waals surface area (Å²) in [5, 5.41) is 1.69. The fraction of sp³-hybridized carbons (Fsp3) is 0.0667. The molecule has 2 nitrogen and oxygen atoms in total. The van der Waals surface area contributed by atoms with Crippen LogP contribution in [0.5, 0.6) is 5.75 Å². The highest BCUT2D eigenvalue weighted by atomic mass is 32.2. The predicted molar refractivity (Wildman–Crippen MR) is 74.9 cm³/mol. The van der Waals surface area contributed by atoms with Gasteiger partial charge in [-0.25, -0.2) is 4.21 Å². The van der Waals surface area contributed by atoms with Gasteiger partial charge < -0.3 is 4.74 Å². The van der Waals surface area contributed by atoms with Crippen molar-refractivity contribution in [2.45, 2.75) is 4.90 Å². The Hall–Kier alpha value is -1.87. The topological polar surface area (TPSA) is 26.3 Å². The van der Waals surface area contributed by atoms with Gasteiger partial charge in [-0.2, -0.15) is 0 Å². The number of methoxy groups -OCH3 is 1. The minimum Gasteiger partial charge on any atom is -0.497 e. The van der Waals surface area contributed by atoms with E-state index in [0.717, 1.165) is 16.2 Å². The van der Waals surface area contributed by atoms with Crippen molar-refractivity contribution in [2.75, 3.05) is 7.11 Å². The van der Waals surface area contributed by atoms with Crippen LogP contribution in [0.4, 0.5) is 0 Å². The number of hydrogen-bond acceptors (Lipinski definition) is 2. The first-order valence-electron chi connectivity index (χ1n) is 5.57. The van der Waals surface area contributed by atoms with Gasteiger partial charge in [0.2, 0.25) is 0 Å². The van der Waals surface area contributed by atoms with Gasteiger partial charge in [-0.3, -0.25) is 0 Å². The van der Waals surface area contributed by atoms with E-state index in [1.54, 1.807) is 12.5 Å². The van der Waals surface area contributed by atoms with E-state index in [9.17, 15) is 4.21 Å². The number of rotatable bonds is 4. The highest BCUT2D eigenvalue weighted by Crippen LogP contribution is 2.14. The molecule has 0 fully saturated rings. The summed E-state index contributed by atoms with van der Waals surface area (Å²) in [4.78, 5) is 0.808. The summed E-state index contributed by atoms with van der Waals surface area (Å²) in [5.74, 6) is 0.816. The van der Waals surface area contributed by atoms with E-state index in [1.165, 1.54) is 0 Å². The van der Waals surface area contributed by atoms with Gasteiger partial charge in [0.05, 0.1) is 17.9 Å². The number of hydrogen-bond donors (Lipinski definition) is 0. The molecule has 0 N–H and O–H groups in total. The van der Waals surface area contributed by atoms with Gasteiger partial charge in [0, 0.05) is 10.3 Å². The molecule has 2 rings (SSSR count). The minimum atomic E-state index is -1.10. The largest absolute Gasteiger partial charge is 0.497 e. The summed E-state index contributed by atoms with van der Waals surface area (Å²) < 4.78 is 17.0. The maximum atomic E-state index is 11.9. The average Bonchev–Trinajstić information content (AvgIpc) is 2.46. The molecule has 0 saturated carbocycles. The summed E-state index contributed by atoms with van der Waals surface area (Å²) >= 11 is 0. The Labute approximate surface area is 109 Å². The first-order valence-corrected chi connectivity index (χ1v) is 6.79. The molecule has 2 aromatic rings. The highest BCUT2D eigenvalue weighted by molar-refractivity contribution is 7.88. The monoisotopic (exact) mass is 258 g/mol. The van der Waals surface area contributed by atoms with Gasteiger partial charge in [-0.05, 0) is 35.9 Å². The third kappa shape index (κ3) is 3.31. The first-order chi connectivity index (χ1) is 8.79. The van der Waals surface area contributed by atoms with Crippen molar-refractivity contribution in [3.8, 4) is 5.75 Å². The van der Waals surface area contributed by atoms with Crippen LogP contribution in [-0.4, -0.2) is 11.3 Å². The van der Waals surface area contributed by atoms with Crippen molar-refractivity contribution < 1.29 is 8.95 Å². The lowest BCUT2D eigenvalue weighted by Gasteiger charge is -1.99. The van der Waals surface area contributed by atoms with E-state index in [2.05, 4.69) is 0 Å². The molecule has 0 aliphatic carbocycles. The van der Waals surface area contributed by atoms with Gasteiger partial charge in [-0.15, -0.1) is 0 Å². The van der Waals surface area contributed by atoms with E-state index >= 15 is 0 Å². The van der Waals surface area contributed by atoms with E-state index in [1.807, 2.05) is 60.7 Å². The molecule has 0 amide bonds. The molecule has 1 atom stereocenters. The van der Waals surface area contributed by atoms with Crippen LogP contribution in [-0.2, 0) is 10.8 Å². The van der Waals surface area contributed by atoms with Crippen LogP contribution >= 0.6 is 0 Å². The predicted octanol–water partition coefficient (Wildman–Crippen LogP) is 3.47. The molecule has 0 radical (unpaired) electrons. The Morgan fingerprint density at radius 1 is 1.00 bits per heavy atom. The molecule has 0 bridgehead atoms. The third-order valence-corrected chi connectivity index (χ3v) is 3.60. The van der Waals surface area contributed by atoms with Gasteiger partial charge >= 0.3 is 0 Å². The van der Waals surface area contributed by atoms with Crippen LogP contribution in [0.3, 0.4) is 0 Å². The van der Waals surface area contributed by atoms with E-state index in [0.29, 0.717) is 0 Å². The molecule has 0 spiro atoms. The molecule has 2 aromatic carbocycles. The van der Waals surface area contributed by atoms with Crippen molar-refractivity contribution in [2.24, 2.45) is 0 Å². The quantitative estimate of drug-likeness (QED) is 0.839. The maximum Gasteiger partial charge on any atom is 0.118 e. The van der Waals surface area contributed by atoms with Crippen LogP contribution in [0, 0.1) is 0 Å². The zero-order chi connectivity index (χ0) is 12.8. The van der Waals surface area contributed by atoms with Gasteiger partial charge in [-0.1, -0.05) is 30.3 Å². The summed E-state index contributed by atoms with van der Waals surface area (Å²) in [6, 6.07) is 17.0. The fourth-order valence-electron chi connectivity index (χ4n) is 1.49. The Morgan fingerprint density at radius 3 is 2.28 bits per heavy atom. The lowest BCUT2D eigenvalue weighted by molar-refractivity contribution is 0.415. The van der Waals surface area contributed by atoms with Crippen LogP contribution in [0.1, 0.15) is 5.56 Å². The molecule has 18 heavy (non-hydrogen) atoms. The Balaban J connectivity index is 2.08. The van der Waals surface area contributed by atoms with Crippen LogP contribution < -0.4 is 4.74 Å². The second kappa shape index (κ2) is 6.17. The standard InChI is InChI=1S/C15H14O2S/c1-17-14-9-7-13(8-10-14)11-12-18(16)15-5-3-2-4-6-15/h2-12H,1H3/b12-11+. The van der Waals surface area contributed by atoms with E-state index in [-0.39, 0.29) is 0 Å².